The smallest absolute Gasteiger partial charge is 0.343 e. The van der Waals surface area contributed by atoms with Gasteiger partial charge in [0.1, 0.15) is 12.4 Å². The highest BCUT2D eigenvalue weighted by atomic mass is 19.3. The molecule has 0 bridgehead atoms. The highest BCUT2D eigenvalue weighted by Crippen LogP contribution is 2.46. The number of alkyl halides is 2. The van der Waals surface area contributed by atoms with Crippen molar-refractivity contribution in [3.63, 3.8) is 0 Å². The van der Waals surface area contributed by atoms with Crippen LogP contribution in [0.25, 0.3) is 22.3 Å². The zero-order valence-corrected chi connectivity index (χ0v) is 22.4. The van der Waals surface area contributed by atoms with E-state index in [-0.39, 0.29) is 37.2 Å². The quantitative estimate of drug-likeness (QED) is 0.325. The molecule has 0 spiro atoms. The van der Waals surface area contributed by atoms with Gasteiger partial charge in [0.15, 0.2) is 11.6 Å². The molecule has 0 unspecified atom stereocenters. The van der Waals surface area contributed by atoms with E-state index in [0.717, 1.165) is 5.56 Å². The van der Waals surface area contributed by atoms with Gasteiger partial charge in [-0.1, -0.05) is 6.92 Å². The second kappa shape index (κ2) is 8.62. The summed E-state index contributed by atoms with van der Waals surface area (Å²) in [7, 11) is 0. The molecule has 9 nitrogen and oxygen atoms in total. The number of cyclic esters (lactones) is 1. The first kappa shape index (κ1) is 26.1. The summed E-state index contributed by atoms with van der Waals surface area (Å²) in [5.41, 5.74) is 1.22. The zero-order chi connectivity index (χ0) is 29.0. The van der Waals surface area contributed by atoms with E-state index >= 15 is 4.39 Å². The predicted octanol–water partition coefficient (Wildman–Crippen LogP) is 2.63. The molecule has 7 rings (SSSR count). The summed E-state index contributed by atoms with van der Waals surface area (Å²) >= 11 is 0. The van der Waals surface area contributed by atoms with Gasteiger partial charge in [-0.2, -0.15) is 0 Å². The third-order valence-electron chi connectivity index (χ3n) is 9.19. The Kier molecular flexibility index (Phi) is 5.50. The standard InChI is InChI=1S/C29H27F3N4O5/c1-3-28(40)16-8-20-23-14(10-36(20)26(38)15(16)11-41-27(28)39)22-18(35-25(37)24-29(31,32)6-7-33-24)5-4-13-12(2)17(30)9-19(34-23)21(13)22/h8-9,18,24,33,40H,3-7,10-11H2,1-2H3,(H,35,37)/t18-,24+,28-/m0/s1. The van der Waals surface area contributed by atoms with Crippen LogP contribution in [-0.4, -0.2) is 45.0 Å². The van der Waals surface area contributed by atoms with E-state index in [0.29, 0.717) is 51.8 Å². The predicted molar refractivity (Wildman–Crippen MR) is 140 cm³/mol. The molecule has 2 aromatic heterocycles. The van der Waals surface area contributed by atoms with Crippen molar-refractivity contribution in [3.8, 4) is 11.4 Å². The Morgan fingerprint density at radius 1 is 1.27 bits per heavy atom. The molecule has 1 fully saturated rings. The number of pyridine rings is 2. The molecule has 0 saturated carbocycles. The lowest BCUT2D eigenvalue weighted by molar-refractivity contribution is -0.172. The lowest BCUT2D eigenvalue weighted by Crippen LogP contribution is -2.50. The van der Waals surface area contributed by atoms with Crippen LogP contribution in [0.3, 0.4) is 0 Å². The molecule has 3 N–H and O–H groups in total. The number of benzene rings is 1. The molecule has 5 heterocycles. The molecule has 214 valence electrons. The van der Waals surface area contributed by atoms with Crippen LogP contribution < -0.4 is 16.2 Å². The molecule has 3 aromatic rings. The molecule has 1 aliphatic carbocycles. The fourth-order valence-corrected chi connectivity index (χ4v) is 6.92. The zero-order valence-electron chi connectivity index (χ0n) is 22.4. The maximum absolute atomic E-state index is 15.0. The number of halogens is 3. The van der Waals surface area contributed by atoms with Crippen LogP contribution in [-0.2, 0) is 39.5 Å². The average molecular weight is 569 g/mol. The molecule has 1 amide bonds. The molecule has 1 aromatic carbocycles. The maximum Gasteiger partial charge on any atom is 0.343 e. The summed E-state index contributed by atoms with van der Waals surface area (Å²) in [4.78, 5) is 44.1. The Labute approximate surface area is 231 Å². The Morgan fingerprint density at radius 2 is 2.05 bits per heavy atom. The van der Waals surface area contributed by atoms with Crippen molar-refractivity contribution in [2.75, 3.05) is 6.54 Å². The minimum Gasteiger partial charge on any atom is -0.458 e. The van der Waals surface area contributed by atoms with E-state index in [9.17, 15) is 28.3 Å². The Morgan fingerprint density at radius 3 is 2.76 bits per heavy atom. The Hall–Kier alpha value is -3.77. The fourth-order valence-electron chi connectivity index (χ4n) is 6.92. The van der Waals surface area contributed by atoms with Crippen LogP contribution in [0, 0.1) is 12.7 Å². The molecule has 3 atom stereocenters. The number of aromatic nitrogens is 2. The van der Waals surface area contributed by atoms with Gasteiger partial charge in [-0.25, -0.2) is 22.9 Å². The number of ether oxygens (including phenoxy) is 1. The van der Waals surface area contributed by atoms with Gasteiger partial charge >= 0.3 is 5.97 Å². The summed E-state index contributed by atoms with van der Waals surface area (Å²) in [6.45, 7) is 3.06. The Bertz CT molecular complexity index is 1770. The number of esters is 1. The van der Waals surface area contributed by atoms with Crippen molar-refractivity contribution in [3.05, 3.63) is 61.7 Å². The van der Waals surface area contributed by atoms with E-state index in [4.69, 9.17) is 9.72 Å². The summed E-state index contributed by atoms with van der Waals surface area (Å²) < 4.78 is 50.5. The van der Waals surface area contributed by atoms with Crippen molar-refractivity contribution in [2.45, 2.75) is 76.3 Å². The molecule has 0 radical (unpaired) electrons. The number of rotatable bonds is 3. The third kappa shape index (κ3) is 3.49. The van der Waals surface area contributed by atoms with E-state index in [1.807, 2.05) is 0 Å². The maximum atomic E-state index is 15.0. The number of carbonyl (C=O) groups excluding carboxylic acids is 2. The summed E-state index contributed by atoms with van der Waals surface area (Å²) in [5.74, 6) is -5.32. The number of aliphatic hydroxyl groups is 1. The lowest BCUT2D eigenvalue weighted by Gasteiger charge is -2.31. The average Bonchev–Trinajstić information content (AvgIpc) is 3.49. The van der Waals surface area contributed by atoms with Crippen molar-refractivity contribution in [2.24, 2.45) is 0 Å². The highest BCUT2D eigenvalue weighted by Gasteiger charge is 2.49. The largest absolute Gasteiger partial charge is 0.458 e. The number of fused-ring (bicyclic) bond motifs is 5. The number of nitrogens with zero attached hydrogens (tertiary/aromatic N) is 2. The van der Waals surface area contributed by atoms with Crippen LogP contribution in [0.5, 0.6) is 0 Å². The van der Waals surface area contributed by atoms with Crippen LogP contribution in [0.15, 0.2) is 16.9 Å². The second-order valence-corrected chi connectivity index (χ2v) is 11.3. The lowest BCUT2D eigenvalue weighted by atomic mass is 9.81. The highest BCUT2D eigenvalue weighted by molar-refractivity contribution is 5.94. The Balaban J connectivity index is 1.44. The number of carbonyl (C=O) groups is 2. The molecule has 1 saturated heterocycles. The van der Waals surface area contributed by atoms with Crippen LogP contribution >= 0.6 is 0 Å². The minimum absolute atomic E-state index is 0.0190. The summed E-state index contributed by atoms with van der Waals surface area (Å²) in [6.07, 6.45) is 0.279. The number of hydrogen-bond acceptors (Lipinski definition) is 7. The second-order valence-electron chi connectivity index (χ2n) is 11.3. The van der Waals surface area contributed by atoms with Gasteiger partial charge in [0, 0.05) is 35.5 Å². The van der Waals surface area contributed by atoms with E-state index in [2.05, 4.69) is 10.6 Å². The van der Waals surface area contributed by atoms with Gasteiger partial charge in [0.2, 0.25) is 5.91 Å². The van der Waals surface area contributed by atoms with Crippen molar-refractivity contribution in [1.29, 1.82) is 0 Å². The first-order chi connectivity index (χ1) is 19.5. The van der Waals surface area contributed by atoms with E-state index < -0.39 is 53.3 Å². The van der Waals surface area contributed by atoms with Crippen molar-refractivity contribution < 1.29 is 32.6 Å². The van der Waals surface area contributed by atoms with Crippen molar-refractivity contribution in [1.82, 2.24) is 20.2 Å². The molecule has 12 heteroatoms. The van der Waals surface area contributed by atoms with Crippen molar-refractivity contribution >= 4 is 22.8 Å². The van der Waals surface area contributed by atoms with Gasteiger partial charge < -0.3 is 25.0 Å². The summed E-state index contributed by atoms with van der Waals surface area (Å²) in [6, 6.07) is 0.505. The normalized spacial score (nSPS) is 25.5. The number of amides is 1. The minimum atomic E-state index is -3.19. The van der Waals surface area contributed by atoms with Gasteiger partial charge in [-0.3, -0.25) is 9.59 Å². The first-order valence-electron chi connectivity index (χ1n) is 13.7. The van der Waals surface area contributed by atoms with E-state index in [1.54, 1.807) is 19.9 Å². The fraction of sp³-hybridized carbons (Fsp3) is 0.448. The van der Waals surface area contributed by atoms with Gasteiger partial charge in [-0.15, -0.1) is 0 Å². The third-order valence-corrected chi connectivity index (χ3v) is 9.19. The van der Waals surface area contributed by atoms with Crippen LogP contribution in [0.2, 0.25) is 0 Å². The number of aryl methyl sites for hydroxylation is 1. The van der Waals surface area contributed by atoms with Crippen LogP contribution in [0.1, 0.15) is 65.6 Å². The van der Waals surface area contributed by atoms with Gasteiger partial charge in [-0.05, 0) is 48.9 Å². The van der Waals surface area contributed by atoms with Gasteiger partial charge in [0.05, 0.1) is 35.1 Å². The topological polar surface area (TPSA) is 123 Å². The van der Waals surface area contributed by atoms with E-state index in [1.165, 1.54) is 10.6 Å². The SMILES string of the molecule is CC[C@@]1(O)C(=O)OCc2c1cc1n(c2=O)Cc2c-1nc1cc(F)c(C)c3c1c2[C@@H](NC(=O)[C@H]1NCCC1(F)F)CC3. The molecular formula is C29H27F3N4O5. The number of hydrogen-bond donors (Lipinski definition) is 3. The monoisotopic (exact) mass is 568 g/mol. The van der Waals surface area contributed by atoms with Gasteiger partial charge in [0.25, 0.3) is 11.5 Å². The molecular weight excluding hydrogens is 541 g/mol. The number of nitrogens with one attached hydrogen (secondary N) is 2. The first-order valence-corrected chi connectivity index (χ1v) is 13.7. The molecule has 41 heavy (non-hydrogen) atoms. The molecule has 4 aliphatic rings. The van der Waals surface area contributed by atoms with Crippen LogP contribution in [0.4, 0.5) is 13.2 Å². The molecule has 3 aliphatic heterocycles. The summed E-state index contributed by atoms with van der Waals surface area (Å²) in [5, 5.41) is 17.2.